The smallest absolute Gasteiger partial charge is 0.263 e. The third-order valence-electron chi connectivity index (χ3n) is 3.90. The van der Waals surface area contributed by atoms with Crippen molar-refractivity contribution in [3.8, 4) is 5.75 Å². The summed E-state index contributed by atoms with van der Waals surface area (Å²) >= 11 is 1.36. The Morgan fingerprint density at radius 2 is 2.20 bits per heavy atom. The molecule has 6 heteroatoms. The van der Waals surface area contributed by atoms with Gasteiger partial charge in [0.2, 0.25) is 0 Å². The van der Waals surface area contributed by atoms with Crippen molar-refractivity contribution in [2.24, 2.45) is 5.41 Å². The number of thiophene rings is 1. The standard InChI is InChI=1S/C14H23N3O2S/c1-4-5-14(6-7-14)8-17-13-10(19-3)9(15)11(20-13)12(18)16-2/h17H,4-8,15H2,1-3H3,(H,16,18). The zero-order valence-electron chi connectivity index (χ0n) is 12.3. The second-order valence-electron chi connectivity index (χ2n) is 5.39. The Balaban J connectivity index is 2.13. The first-order valence-corrected chi connectivity index (χ1v) is 7.80. The molecule has 1 amide bonds. The van der Waals surface area contributed by atoms with Crippen molar-refractivity contribution >= 4 is 27.9 Å². The van der Waals surface area contributed by atoms with E-state index in [4.69, 9.17) is 10.5 Å². The van der Waals surface area contributed by atoms with Crippen LogP contribution in [-0.4, -0.2) is 26.6 Å². The number of anilines is 2. The van der Waals surface area contributed by atoms with Crippen molar-refractivity contribution in [2.75, 3.05) is 31.8 Å². The number of carbonyl (C=O) groups is 1. The van der Waals surface area contributed by atoms with Gasteiger partial charge in [0.15, 0.2) is 5.75 Å². The first-order chi connectivity index (χ1) is 9.56. The molecule has 0 bridgehead atoms. The van der Waals surface area contributed by atoms with E-state index in [9.17, 15) is 4.79 Å². The van der Waals surface area contributed by atoms with Crippen LogP contribution < -0.4 is 21.1 Å². The predicted molar refractivity (Wildman–Crippen MR) is 83.7 cm³/mol. The third-order valence-corrected chi connectivity index (χ3v) is 5.04. The minimum Gasteiger partial charge on any atom is -0.492 e. The van der Waals surface area contributed by atoms with Crippen LogP contribution in [0.1, 0.15) is 42.3 Å². The van der Waals surface area contributed by atoms with Crippen LogP contribution >= 0.6 is 11.3 Å². The van der Waals surface area contributed by atoms with Crippen LogP contribution in [0.3, 0.4) is 0 Å². The lowest BCUT2D eigenvalue weighted by atomic mass is 10.0. The van der Waals surface area contributed by atoms with E-state index in [-0.39, 0.29) is 5.91 Å². The van der Waals surface area contributed by atoms with Gasteiger partial charge in [0.1, 0.15) is 15.6 Å². The summed E-state index contributed by atoms with van der Waals surface area (Å²) in [6, 6.07) is 0. The van der Waals surface area contributed by atoms with Gasteiger partial charge in [-0.2, -0.15) is 0 Å². The highest BCUT2D eigenvalue weighted by atomic mass is 32.1. The highest BCUT2D eigenvalue weighted by Gasteiger charge is 2.41. The molecular formula is C14H23N3O2S. The van der Waals surface area contributed by atoms with Crippen LogP contribution in [0.4, 0.5) is 10.7 Å². The minimum atomic E-state index is -0.173. The van der Waals surface area contributed by atoms with Crippen LogP contribution in [-0.2, 0) is 0 Å². The summed E-state index contributed by atoms with van der Waals surface area (Å²) < 4.78 is 5.34. The molecule has 1 aliphatic carbocycles. The number of carbonyl (C=O) groups excluding carboxylic acids is 1. The number of nitrogens with one attached hydrogen (secondary N) is 2. The Labute approximate surface area is 123 Å². The maximum absolute atomic E-state index is 11.8. The van der Waals surface area contributed by atoms with Crippen molar-refractivity contribution in [3.05, 3.63) is 4.88 Å². The molecule has 0 spiro atoms. The molecule has 1 aromatic rings. The van der Waals surface area contributed by atoms with Gasteiger partial charge in [0.05, 0.1) is 7.11 Å². The molecule has 5 nitrogen and oxygen atoms in total. The maximum atomic E-state index is 11.8. The van der Waals surface area contributed by atoms with Crippen LogP contribution in [0.5, 0.6) is 5.75 Å². The molecule has 0 unspecified atom stereocenters. The highest BCUT2D eigenvalue weighted by molar-refractivity contribution is 7.19. The van der Waals surface area contributed by atoms with Gasteiger partial charge in [-0.15, -0.1) is 11.3 Å². The Hall–Kier alpha value is -1.43. The molecule has 0 saturated heterocycles. The van der Waals surface area contributed by atoms with E-state index in [1.54, 1.807) is 14.2 Å². The first-order valence-electron chi connectivity index (χ1n) is 6.99. The molecule has 2 rings (SSSR count). The molecule has 0 aliphatic heterocycles. The number of nitrogens with two attached hydrogens (primary N) is 1. The number of nitrogen functional groups attached to an aromatic ring is 1. The molecule has 0 radical (unpaired) electrons. The molecule has 0 aromatic carbocycles. The molecule has 4 N–H and O–H groups in total. The minimum absolute atomic E-state index is 0.173. The van der Waals surface area contributed by atoms with Crippen molar-refractivity contribution in [1.29, 1.82) is 0 Å². The number of ether oxygens (including phenoxy) is 1. The zero-order chi connectivity index (χ0) is 14.8. The lowest BCUT2D eigenvalue weighted by Crippen LogP contribution is -2.17. The molecule has 112 valence electrons. The lowest BCUT2D eigenvalue weighted by Gasteiger charge is -2.15. The molecule has 1 aliphatic rings. The van der Waals surface area contributed by atoms with Crippen LogP contribution in [0, 0.1) is 5.41 Å². The molecule has 1 aromatic heterocycles. The number of hydrogen-bond donors (Lipinski definition) is 3. The van der Waals surface area contributed by atoms with Gasteiger partial charge >= 0.3 is 0 Å². The third kappa shape index (κ3) is 2.85. The molecule has 1 fully saturated rings. The summed E-state index contributed by atoms with van der Waals surface area (Å²) in [5, 5.41) is 6.88. The summed E-state index contributed by atoms with van der Waals surface area (Å²) in [7, 11) is 3.18. The van der Waals surface area contributed by atoms with Gasteiger partial charge in [-0.05, 0) is 24.7 Å². The van der Waals surface area contributed by atoms with E-state index in [1.807, 2.05) is 0 Å². The number of amides is 1. The fourth-order valence-corrected chi connectivity index (χ4v) is 3.55. The Bertz CT molecular complexity index is 495. The van der Waals surface area contributed by atoms with E-state index in [1.165, 1.54) is 37.0 Å². The van der Waals surface area contributed by atoms with E-state index in [2.05, 4.69) is 17.6 Å². The first kappa shape index (κ1) is 15.0. The van der Waals surface area contributed by atoms with Gasteiger partial charge in [0, 0.05) is 13.6 Å². The molecule has 1 saturated carbocycles. The van der Waals surface area contributed by atoms with Crippen molar-refractivity contribution in [3.63, 3.8) is 0 Å². The monoisotopic (exact) mass is 297 g/mol. The summed E-state index contributed by atoms with van der Waals surface area (Å²) in [6.07, 6.45) is 5.00. The Morgan fingerprint density at radius 1 is 1.50 bits per heavy atom. The number of methoxy groups -OCH3 is 1. The fourth-order valence-electron chi connectivity index (χ4n) is 2.52. The summed E-state index contributed by atoms with van der Waals surface area (Å²) in [4.78, 5) is 12.3. The second-order valence-corrected chi connectivity index (χ2v) is 6.41. The van der Waals surface area contributed by atoms with Crippen LogP contribution in [0.25, 0.3) is 0 Å². The predicted octanol–water partition coefficient (Wildman–Crippen LogP) is 2.69. The van der Waals surface area contributed by atoms with E-state index >= 15 is 0 Å². The van der Waals surface area contributed by atoms with Gasteiger partial charge in [0.25, 0.3) is 5.91 Å². The van der Waals surface area contributed by atoms with Gasteiger partial charge in [-0.1, -0.05) is 13.3 Å². The fraction of sp³-hybridized carbons (Fsp3) is 0.643. The lowest BCUT2D eigenvalue weighted by molar-refractivity contribution is 0.0967. The van der Waals surface area contributed by atoms with Gasteiger partial charge in [-0.25, -0.2) is 0 Å². The molecular weight excluding hydrogens is 274 g/mol. The number of hydrogen-bond acceptors (Lipinski definition) is 5. The Kier molecular flexibility index (Phi) is 4.42. The number of rotatable bonds is 7. The molecule has 20 heavy (non-hydrogen) atoms. The zero-order valence-corrected chi connectivity index (χ0v) is 13.2. The summed E-state index contributed by atoms with van der Waals surface area (Å²) in [5.41, 5.74) is 6.84. The molecule has 1 heterocycles. The van der Waals surface area contributed by atoms with E-state index < -0.39 is 0 Å². The van der Waals surface area contributed by atoms with Gasteiger partial charge < -0.3 is 21.1 Å². The normalized spacial score (nSPS) is 15.8. The Morgan fingerprint density at radius 3 is 2.70 bits per heavy atom. The maximum Gasteiger partial charge on any atom is 0.263 e. The van der Waals surface area contributed by atoms with Crippen molar-refractivity contribution in [1.82, 2.24) is 5.32 Å². The van der Waals surface area contributed by atoms with E-state index in [0.717, 1.165) is 11.5 Å². The summed E-state index contributed by atoms with van der Waals surface area (Å²) in [5.74, 6) is 0.412. The van der Waals surface area contributed by atoms with Crippen LogP contribution in [0.2, 0.25) is 0 Å². The quantitative estimate of drug-likeness (QED) is 0.723. The largest absolute Gasteiger partial charge is 0.492 e. The van der Waals surface area contributed by atoms with Crippen molar-refractivity contribution < 1.29 is 9.53 Å². The SMILES string of the molecule is CCCC1(CNc2sc(C(=O)NC)c(N)c2OC)CC1. The second kappa shape index (κ2) is 5.91. The van der Waals surface area contributed by atoms with Crippen LogP contribution in [0.15, 0.2) is 0 Å². The average Bonchev–Trinajstić information content (AvgIpc) is 3.13. The highest BCUT2D eigenvalue weighted by Crippen LogP contribution is 2.51. The van der Waals surface area contributed by atoms with Crippen molar-refractivity contribution in [2.45, 2.75) is 32.6 Å². The van der Waals surface area contributed by atoms with E-state index in [0.29, 0.717) is 21.7 Å². The topological polar surface area (TPSA) is 76.4 Å². The van der Waals surface area contributed by atoms with Gasteiger partial charge in [-0.3, -0.25) is 4.79 Å². The molecule has 0 atom stereocenters. The average molecular weight is 297 g/mol. The summed E-state index contributed by atoms with van der Waals surface area (Å²) in [6.45, 7) is 3.14.